The first-order valence-electron chi connectivity index (χ1n) is 7.05. The van der Waals surface area contributed by atoms with Crippen molar-refractivity contribution in [1.82, 2.24) is 9.80 Å². The molecule has 0 atom stereocenters. The Kier molecular flexibility index (Phi) is 2.77. The Hall–Kier alpha value is -0.120. The van der Waals surface area contributed by atoms with E-state index in [4.69, 9.17) is 4.74 Å². The molecule has 17 heavy (non-hydrogen) atoms. The van der Waals surface area contributed by atoms with Crippen LogP contribution in [0.1, 0.15) is 33.6 Å². The molecule has 1 spiro atoms. The van der Waals surface area contributed by atoms with Crippen molar-refractivity contribution in [1.29, 1.82) is 0 Å². The van der Waals surface area contributed by atoms with Gasteiger partial charge in [0.2, 0.25) is 0 Å². The average molecular weight is 238 g/mol. The van der Waals surface area contributed by atoms with E-state index in [1.165, 1.54) is 39.0 Å². The van der Waals surface area contributed by atoms with Gasteiger partial charge in [0.1, 0.15) is 0 Å². The van der Waals surface area contributed by atoms with Crippen LogP contribution in [-0.4, -0.2) is 60.8 Å². The zero-order chi connectivity index (χ0) is 12.1. The van der Waals surface area contributed by atoms with Crippen LogP contribution in [0.4, 0.5) is 0 Å². The Morgan fingerprint density at radius 3 is 2.06 bits per heavy atom. The highest BCUT2D eigenvalue weighted by atomic mass is 16.5. The number of nitrogens with zero attached hydrogens (tertiary/aromatic N) is 2. The van der Waals surface area contributed by atoms with Gasteiger partial charge in [-0.3, -0.25) is 9.80 Å². The van der Waals surface area contributed by atoms with E-state index in [2.05, 4.69) is 30.6 Å². The highest BCUT2D eigenvalue weighted by Crippen LogP contribution is 2.43. The van der Waals surface area contributed by atoms with Crippen molar-refractivity contribution in [2.24, 2.45) is 5.41 Å². The van der Waals surface area contributed by atoms with Gasteiger partial charge in [0.05, 0.1) is 19.3 Å². The van der Waals surface area contributed by atoms with Crippen molar-refractivity contribution in [3.8, 4) is 0 Å². The molecule has 3 saturated heterocycles. The maximum Gasteiger partial charge on any atom is 0.0645 e. The Labute approximate surface area is 105 Å². The molecule has 0 aliphatic carbocycles. The molecule has 3 fully saturated rings. The molecule has 0 unspecified atom stereocenters. The number of hydrogen-bond acceptors (Lipinski definition) is 3. The summed E-state index contributed by atoms with van der Waals surface area (Å²) in [5, 5.41) is 0. The lowest BCUT2D eigenvalue weighted by atomic mass is 9.70. The Balaban J connectivity index is 1.49. The van der Waals surface area contributed by atoms with Crippen LogP contribution >= 0.6 is 0 Å². The van der Waals surface area contributed by atoms with Gasteiger partial charge in [-0.1, -0.05) is 0 Å². The number of ether oxygens (including phenoxy) is 1. The predicted molar refractivity (Wildman–Crippen MR) is 69.2 cm³/mol. The van der Waals surface area contributed by atoms with Crippen LogP contribution in [0.3, 0.4) is 0 Å². The molecule has 0 bridgehead atoms. The van der Waals surface area contributed by atoms with E-state index in [0.717, 1.165) is 19.3 Å². The fourth-order valence-corrected chi connectivity index (χ4v) is 3.48. The molecule has 3 nitrogen and oxygen atoms in total. The summed E-state index contributed by atoms with van der Waals surface area (Å²) in [5.41, 5.74) is 1.02. The normalized spacial score (nSPS) is 31.2. The Bertz CT molecular complexity index is 277. The van der Waals surface area contributed by atoms with Crippen molar-refractivity contribution < 1.29 is 4.74 Å². The fourth-order valence-electron chi connectivity index (χ4n) is 3.48. The van der Waals surface area contributed by atoms with Gasteiger partial charge < -0.3 is 4.74 Å². The zero-order valence-electron chi connectivity index (χ0n) is 11.5. The quantitative estimate of drug-likeness (QED) is 0.690. The SMILES string of the molecule is CC(C)(C)N1CCC2(CC1)CN(C1COC1)C2. The summed E-state index contributed by atoms with van der Waals surface area (Å²) in [7, 11) is 0. The fraction of sp³-hybridized carbons (Fsp3) is 1.00. The second-order valence-corrected chi connectivity index (χ2v) is 7.25. The molecule has 0 amide bonds. The van der Waals surface area contributed by atoms with E-state index >= 15 is 0 Å². The third kappa shape index (κ3) is 2.13. The number of piperidine rings is 1. The molecule has 0 aromatic heterocycles. The third-order valence-electron chi connectivity index (χ3n) is 4.99. The lowest BCUT2D eigenvalue weighted by Gasteiger charge is -2.58. The Morgan fingerprint density at radius 1 is 1.06 bits per heavy atom. The lowest BCUT2D eigenvalue weighted by Crippen LogP contribution is -2.67. The molecule has 0 N–H and O–H groups in total. The van der Waals surface area contributed by atoms with Gasteiger partial charge in [0.25, 0.3) is 0 Å². The summed E-state index contributed by atoms with van der Waals surface area (Å²) in [4.78, 5) is 5.28. The van der Waals surface area contributed by atoms with Crippen LogP contribution in [0.5, 0.6) is 0 Å². The first kappa shape index (κ1) is 11.9. The van der Waals surface area contributed by atoms with Crippen LogP contribution in [0.25, 0.3) is 0 Å². The van der Waals surface area contributed by atoms with Crippen LogP contribution in [0.15, 0.2) is 0 Å². The molecule has 3 rings (SSSR count). The van der Waals surface area contributed by atoms with Gasteiger partial charge in [0, 0.05) is 18.6 Å². The Morgan fingerprint density at radius 2 is 1.65 bits per heavy atom. The van der Waals surface area contributed by atoms with Gasteiger partial charge in [0.15, 0.2) is 0 Å². The van der Waals surface area contributed by atoms with E-state index in [1.807, 2.05) is 0 Å². The second-order valence-electron chi connectivity index (χ2n) is 7.25. The standard InChI is InChI=1S/C14H26N2O/c1-13(2,3)16-6-4-14(5-7-16)10-15(11-14)12-8-17-9-12/h12H,4-11H2,1-3H3. The summed E-state index contributed by atoms with van der Waals surface area (Å²) in [5.74, 6) is 0. The number of likely N-dealkylation sites (tertiary alicyclic amines) is 2. The van der Waals surface area contributed by atoms with Crippen molar-refractivity contribution in [3.63, 3.8) is 0 Å². The summed E-state index contributed by atoms with van der Waals surface area (Å²) >= 11 is 0. The molecule has 0 saturated carbocycles. The van der Waals surface area contributed by atoms with Crippen LogP contribution in [0, 0.1) is 5.41 Å². The zero-order valence-corrected chi connectivity index (χ0v) is 11.5. The molecular weight excluding hydrogens is 212 g/mol. The largest absolute Gasteiger partial charge is 0.378 e. The topological polar surface area (TPSA) is 15.7 Å². The molecule has 0 aromatic rings. The second kappa shape index (κ2) is 3.94. The van der Waals surface area contributed by atoms with Gasteiger partial charge in [-0.05, 0) is 52.1 Å². The molecular formula is C14H26N2O. The van der Waals surface area contributed by atoms with Crippen LogP contribution in [-0.2, 0) is 4.74 Å². The van der Waals surface area contributed by atoms with Crippen LogP contribution < -0.4 is 0 Å². The molecule has 3 aliphatic rings. The van der Waals surface area contributed by atoms with Gasteiger partial charge in [-0.25, -0.2) is 0 Å². The minimum Gasteiger partial charge on any atom is -0.378 e. The van der Waals surface area contributed by atoms with E-state index in [-0.39, 0.29) is 0 Å². The van der Waals surface area contributed by atoms with Crippen molar-refractivity contribution in [2.45, 2.75) is 45.2 Å². The minimum atomic E-state index is 0.354. The molecule has 3 heterocycles. The molecule has 3 aliphatic heterocycles. The van der Waals surface area contributed by atoms with Crippen molar-refractivity contribution in [3.05, 3.63) is 0 Å². The first-order chi connectivity index (χ1) is 7.99. The lowest BCUT2D eigenvalue weighted by molar-refractivity contribution is -0.147. The van der Waals surface area contributed by atoms with E-state index in [1.54, 1.807) is 0 Å². The average Bonchev–Trinajstić information content (AvgIpc) is 2.12. The summed E-state index contributed by atoms with van der Waals surface area (Å²) < 4.78 is 5.28. The number of rotatable bonds is 1. The highest BCUT2D eigenvalue weighted by molar-refractivity contribution is 5.02. The highest BCUT2D eigenvalue weighted by Gasteiger charge is 2.48. The minimum absolute atomic E-state index is 0.354. The van der Waals surface area contributed by atoms with Crippen molar-refractivity contribution in [2.75, 3.05) is 39.4 Å². The molecule has 3 heteroatoms. The van der Waals surface area contributed by atoms with Crippen LogP contribution in [0.2, 0.25) is 0 Å². The first-order valence-corrected chi connectivity index (χ1v) is 7.05. The smallest absolute Gasteiger partial charge is 0.0645 e. The number of hydrogen-bond donors (Lipinski definition) is 0. The maximum atomic E-state index is 5.28. The van der Waals surface area contributed by atoms with E-state index < -0.39 is 0 Å². The summed E-state index contributed by atoms with van der Waals surface area (Å²) in [6.45, 7) is 14.2. The third-order valence-corrected chi connectivity index (χ3v) is 4.99. The summed E-state index contributed by atoms with van der Waals surface area (Å²) in [6, 6.07) is 0.751. The molecule has 98 valence electrons. The molecule has 0 radical (unpaired) electrons. The molecule has 0 aromatic carbocycles. The van der Waals surface area contributed by atoms with E-state index in [9.17, 15) is 0 Å². The van der Waals surface area contributed by atoms with Gasteiger partial charge in [-0.15, -0.1) is 0 Å². The van der Waals surface area contributed by atoms with Gasteiger partial charge in [-0.2, -0.15) is 0 Å². The summed E-state index contributed by atoms with van der Waals surface area (Å²) in [6.07, 6.45) is 2.79. The van der Waals surface area contributed by atoms with Crippen molar-refractivity contribution >= 4 is 0 Å². The van der Waals surface area contributed by atoms with E-state index in [0.29, 0.717) is 11.0 Å². The van der Waals surface area contributed by atoms with Gasteiger partial charge >= 0.3 is 0 Å². The monoisotopic (exact) mass is 238 g/mol. The predicted octanol–water partition coefficient (Wildman–Crippen LogP) is 1.58. The maximum absolute atomic E-state index is 5.28.